The lowest BCUT2D eigenvalue weighted by Gasteiger charge is -2.29. The van der Waals surface area contributed by atoms with Gasteiger partial charge in [0, 0.05) is 25.4 Å². The molecule has 2 atom stereocenters. The van der Waals surface area contributed by atoms with Gasteiger partial charge in [0.05, 0.1) is 5.56 Å². The van der Waals surface area contributed by atoms with Crippen molar-refractivity contribution in [3.63, 3.8) is 0 Å². The van der Waals surface area contributed by atoms with Crippen LogP contribution in [0.5, 0.6) is 0 Å². The van der Waals surface area contributed by atoms with Gasteiger partial charge in [0.1, 0.15) is 6.54 Å². The molecule has 1 aliphatic carbocycles. The first-order valence-electron chi connectivity index (χ1n) is 7.73. The Morgan fingerprint density at radius 1 is 1.27 bits per heavy atom. The highest BCUT2D eigenvalue weighted by molar-refractivity contribution is 5.93. The van der Waals surface area contributed by atoms with Gasteiger partial charge in [-0.2, -0.15) is 0 Å². The molecule has 2 amide bonds. The quantitative estimate of drug-likeness (QED) is 0.867. The summed E-state index contributed by atoms with van der Waals surface area (Å²) >= 11 is 0. The first-order valence-corrected chi connectivity index (χ1v) is 7.73. The molecule has 0 aliphatic heterocycles. The molecule has 1 saturated carbocycles. The van der Waals surface area contributed by atoms with Gasteiger partial charge >= 0.3 is 0 Å². The van der Waals surface area contributed by atoms with E-state index < -0.39 is 0 Å². The molecule has 0 aromatic carbocycles. The van der Waals surface area contributed by atoms with E-state index in [0.29, 0.717) is 11.5 Å². The van der Waals surface area contributed by atoms with Crippen LogP contribution in [0.4, 0.5) is 0 Å². The summed E-state index contributed by atoms with van der Waals surface area (Å²) in [5, 5.41) is 5.51. The summed E-state index contributed by atoms with van der Waals surface area (Å²) in [7, 11) is 1.52. The fourth-order valence-corrected chi connectivity index (χ4v) is 2.87. The summed E-state index contributed by atoms with van der Waals surface area (Å²) in [6.45, 7) is 2.08. The van der Waals surface area contributed by atoms with Crippen molar-refractivity contribution in [1.29, 1.82) is 0 Å². The Bertz CT molecular complexity index is 609. The van der Waals surface area contributed by atoms with Crippen molar-refractivity contribution >= 4 is 11.8 Å². The van der Waals surface area contributed by atoms with Crippen LogP contribution in [-0.4, -0.2) is 29.5 Å². The van der Waals surface area contributed by atoms with Crippen molar-refractivity contribution in [3.05, 3.63) is 34.2 Å². The Labute approximate surface area is 129 Å². The van der Waals surface area contributed by atoms with Gasteiger partial charge in [-0.1, -0.05) is 19.8 Å². The molecule has 6 nitrogen and oxygen atoms in total. The molecule has 1 heterocycles. The van der Waals surface area contributed by atoms with Crippen LogP contribution in [0.1, 0.15) is 43.0 Å². The zero-order valence-electron chi connectivity index (χ0n) is 13.1. The first-order chi connectivity index (χ1) is 10.5. The Hall–Kier alpha value is -2.11. The van der Waals surface area contributed by atoms with Crippen molar-refractivity contribution in [2.75, 3.05) is 7.05 Å². The highest BCUT2D eigenvalue weighted by atomic mass is 16.2. The number of aromatic nitrogens is 1. The Morgan fingerprint density at radius 2 is 2.00 bits per heavy atom. The third-order valence-corrected chi connectivity index (χ3v) is 4.24. The predicted molar refractivity (Wildman–Crippen MR) is 83.7 cm³/mol. The summed E-state index contributed by atoms with van der Waals surface area (Å²) in [5.74, 6) is -0.00315. The average Bonchev–Trinajstić information content (AvgIpc) is 2.51. The summed E-state index contributed by atoms with van der Waals surface area (Å²) in [6.07, 6.45) is 5.87. The third-order valence-electron chi connectivity index (χ3n) is 4.24. The van der Waals surface area contributed by atoms with E-state index in [2.05, 4.69) is 17.6 Å². The molecule has 6 heteroatoms. The number of rotatable bonds is 4. The normalized spacial score (nSPS) is 21.2. The summed E-state index contributed by atoms with van der Waals surface area (Å²) in [6, 6.07) is 2.94. The van der Waals surface area contributed by atoms with Gasteiger partial charge in [-0.3, -0.25) is 14.4 Å². The first kappa shape index (κ1) is 16.3. The number of amides is 2. The van der Waals surface area contributed by atoms with Crippen LogP contribution < -0.4 is 16.2 Å². The number of hydrogen-bond donors (Lipinski definition) is 2. The second-order valence-corrected chi connectivity index (χ2v) is 5.90. The maximum atomic E-state index is 12.2. The predicted octanol–water partition coefficient (Wildman–Crippen LogP) is 0.903. The summed E-state index contributed by atoms with van der Waals surface area (Å²) < 4.78 is 1.27. The van der Waals surface area contributed by atoms with E-state index >= 15 is 0 Å². The van der Waals surface area contributed by atoms with Gasteiger partial charge in [0.2, 0.25) is 5.91 Å². The van der Waals surface area contributed by atoms with Crippen molar-refractivity contribution in [3.8, 4) is 0 Å². The van der Waals surface area contributed by atoms with Gasteiger partial charge in [-0.15, -0.1) is 0 Å². The van der Waals surface area contributed by atoms with Crippen molar-refractivity contribution < 1.29 is 9.59 Å². The SMILES string of the molecule is CNC(=O)c1ccc(=O)n(CC(=O)N[C@H]2CCCC[C@@H]2C)c1. The number of carbonyl (C=O) groups is 2. The standard InChI is InChI=1S/C16H23N3O3/c1-11-5-3-4-6-13(11)18-14(20)10-19-9-12(16(22)17-2)7-8-15(19)21/h7-9,11,13H,3-6,10H2,1-2H3,(H,17,22)(H,18,20)/t11-,13-/m0/s1. The maximum Gasteiger partial charge on any atom is 0.252 e. The molecule has 1 aromatic heterocycles. The molecule has 0 bridgehead atoms. The molecule has 120 valence electrons. The lowest BCUT2D eigenvalue weighted by molar-refractivity contribution is -0.123. The van der Waals surface area contributed by atoms with Gasteiger partial charge in [-0.25, -0.2) is 0 Å². The Balaban J connectivity index is 2.04. The van der Waals surface area contributed by atoms with Gasteiger partial charge in [0.15, 0.2) is 0 Å². The van der Waals surface area contributed by atoms with Crippen LogP contribution in [0.3, 0.4) is 0 Å². The van der Waals surface area contributed by atoms with E-state index in [1.54, 1.807) is 0 Å². The zero-order chi connectivity index (χ0) is 16.1. The lowest BCUT2D eigenvalue weighted by Crippen LogP contribution is -2.43. The van der Waals surface area contributed by atoms with Crippen molar-refractivity contribution in [2.24, 2.45) is 5.92 Å². The zero-order valence-corrected chi connectivity index (χ0v) is 13.1. The van der Waals surface area contributed by atoms with E-state index in [1.165, 1.54) is 36.4 Å². The van der Waals surface area contributed by atoms with Crippen LogP contribution in [-0.2, 0) is 11.3 Å². The van der Waals surface area contributed by atoms with Gasteiger partial charge < -0.3 is 15.2 Å². The molecule has 22 heavy (non-hydrogen) atoms. The van der Waals surface area contributed by atoms with E-state index in [-0.39, 0.29) is 30.0 Å². The van der Waals surface area contributed by atoms with Crippen molar-refractivity contribution in [2.45, 2.75) is 45.2 Å². The number of pyridine rings is 1. The molecular weight excluding hydrogens is 282 g/mol. The maximum absolute atomic E-state index is 12.2. The van der Waals surface area contributed by atoms with Gasteiger partial charge in [-0.05, 0) is 24.8 Å². The van der Waals surface area contributed by atoms with E-state index in [4.69, 9.17) is 0 Å². The number of nitrogens with one attached hydrogen (secondary N) is 2. The topological polar surface area (TPSA) is 80.2 Å². The molecule has 1 aliphatic rings. The smallest absolute Gasteiger partial charge is 0.252 e. The number of nitrogens with zero attached hydrogens (tertiary/aromatic N) is 1. The molecule has 2 N–H and O–H groups in total. The Kier molecular flexibility index (Phi) is 5.35. The minimum atomic E-state index is -0.292. The fourth-order valence-electron chi connectivity index (χ4n) is 2.87. The highest BCUT2D eigenvalue weighted by Crippen LogP contribution is 2.23. The average molecular weight is 305 g/mol. The number of carbonyl (C=O) groups excluding carboxylic acids is 2. The fraction of sp³-hybridized carbons (Fsp3) is 0.562. The van der Waals surface area contributed by atoms with Crippen LogP contribution in [0.2, 0.25) is 0 Å². The van der Waals surface area contributed by atoms with Crippen LogP contribution in [0, 0.1) is 5.92 Å². The van der Waals surface area contributed by atoms with E-state index in [0.717, 1.165) is 19.3 Å². The largest absolute Gasteiger partial charge is 0.355 e. The Morgan fingerprint density at radius 3 is 2.68 bits per heavy atom. The monoisotopic (exact) mass is 305 g/mol. The minimum Gasteiger partial charge on any atom is -0.355 e. The molecule has 0 spiro atoms. The minimum absolute atomic E-state index is 0.0626. The molecule has 1 aromatic rings. The van der Waals surface area contributed by atoms with Crippen LogP contribution in [0.25, 0.3) is 0 Å². The molecule has 2 rings (SSSR count). The van der Waals surface area contributed by atoms with E-state index in [9.17, 15) is 14.4 Å². The summed E-state index contributed by atoms with van der Waals surface area (Å²) in [4.78, 5) is 35.6. The lowest BCUT2D eigenvalue weighted by atomic mass is 9.86. The highest BCUT2D eigenvalue weighted by Gasteiger charge is 2.22. The second-order valence-electron chi connectivity index (χ2n) is 5.90. The molecular formula is C16H23N3O3. The van der Waals surface area contributed by atoms with E-state index in [1.807, 2.05) is 0 Å². The molecule has 1 fully saturated rings. The second kappa shape index (κ2) is 7.24. The molecule has 0 saturated heterocycles. The van der Waals surface area contributed by atoms with Crippen LogP contribution in [0.15, 0.2) is 23.1 Å². The van der Waals surface area contributed by atoms with Crippen LogP contribution >= 0.6 is 0 Å². The molecule has 0 unspecified atom stereocenters. The third kappa shape index (κ3) is 3.96. The molecule has 0 radical (unpaired) electrons. The van der Waals surface area contributed by atoms with Crippen molar-refractivity contribution in [1.82, 2.24) is 15.2 Å². The van der Waals surface area contributed by atoms with Gasteiger partial charge in [0.25, 0.3) is 11.5 Å². The number of hydrogen-bond acceptors (Lipinski definition) is 3. The summed E-state index contributed by atoms with van der Waals surface area (Å²) in [5.41, 5.74) is 0.0698.